The lowest BCUT2D eigenvalue weighted by molar-refractivity contribution is -0.384. The lowest BCUT2D eigenvalue weighted by Gasteiger charge is -2.28. The van der Waals surface area contributed by atoms with Crippen molar-refractivity contribution in [3.05, 3.63) is 56.1 Å². The zero-order valence-corrected chi connectivity index (χ0v) is 15.9. The third-order valence-corrected chi connectivity index (χ3v) is 5.09. The molecular weight excluding hydrogens is 391 g/mol. The number of nitrogens with one attached hydrogen (secondary N) is 1. The summed E-state index contributed by atoms with van der Waals surface area (Å²) in [6, 6.07) is 7.43. The van der Waals surface area contributed by atoms with Gasteiger partial charge in [0.25, 0.3) is 11.6 Å². The van der Waals surface area contributed by atoms with Crippen LogP contribution < -0.4 is 16.0 Å². The molecule has 1 aliphatic rings. The highest BCUT2D eigenvalue weighted by Crippen LogP contribution is 2.33. The van der Waals surface area contributed by atoms with E-state index in [1.54, 1.807) is 12.1 Å². The molecule has 0 aromatic heterocycles. The van der Waals surface area contributed by atoms with Crippen LogP contribution in [0.4, 0.5) is 22.7 Å². The van der Waals surface area contributed by atoms with Crippen LogP contribution in [0.1, 0.15) is 29.6 Å². The van der Waals surface area contributed by atoms with Crippen LogP contribution >= 0.6 is 23.2 Å². The fourth-order valence-electron chi connectivity index (χ4n) is 3.07. The number of hydrogen-bond donors (Lipinski definition) is 2. The first-order valence-corrected chi connectivity index (χ1v) is 9.21. The fraction of sp³-hybridized carbons (Fsp3) is 0.278. The number of carbonyl (C=O) groups is 1. The molecule has 0 unspecified atom stereocenters. The van der Waals surface area contributed by atoms with E-state index in [0.29, 0.717) is 11.4 Å². The number of nitro benzene ring substituents is 1. The molecule has 27 heavy (non-hydrogen) atoms. The van der Waals surface area contributed by atoms with Gasteiger partial charge in [-0.15, -0.1) is 0 Å². The van der Waals surface area contributed by atoms with Crippen molar-refractivity contribution >= 4 is 51.9 Å². The van der Waals surface area contributed by atoms with Gasteiger partial charge in [0.1, 0.15) is 5.69 Å². The first kappa shape index (κ1) is 19.3. The Bertz CT molecular complexity index is 875. The lowest BCUT2D eigenvalue weighted by atomic mass is 10.1. The van der Waals surface area contributed by atoms with Gasteiger partial charge in [-0.05, 0) is 43.5 Å². The molecule has 1 aliphatic heterocycles. The van der Waals surface area contributed by atoms with Gasteiger partial charge in [-0.2, -0.15) is 0 Å². The van der Waals surface area contributed by atoms with Gasteiger partial charge in [0.15, 0.2) is 0 Å². The first-order chi connectivity index (χ1) is 12.9. The highest BCUT2D eigenvalue weighted by atomic mass is 35.5. The molecule has 3 rings (SSSR count). The predicted molar refractivity (Wildman–Crippen MR) is 108 cm³/mol. The minimum atomic E-state index is -0.500. The molecule has 9 heteroatoms. The Kier molecular flexibility index (Phi) is 5.72. The van der Waals surface area contributed by atoms with Gasteiger partial charge in [-0.25, -0.2) is 0 Å². The molecule has 1 saturated heterocycles. The highest BCUT2D eigenvalue weighted by molar-refractivity contribution is 6.39. The number of nitrogen functional groups attached to an aromatic ring is 1. The van der Waals surface area contributed by atoms with E-state index in [9.17, 15) is 14.9 Å². The Hall–Kier alpha value is -2.51. The van der Waals surface area contributed by atoms with Gasteiger partial charge in [0, 0.05) is 30.4 Å². The van der Waals surface area contributed by atoms with Crippen LogP contribution in [-0.4, -0.2) is 23.9 Å². The van der Waals surface area contributed by atoms with Crippen LogP contribution in [0.15, 0.2) is 30.3 Å². The largest absolute Gasteiger partial charge is 0.396 e. The highest BCUT2D eigenvalue weighted by Gasteiger charge is 2.23. The van der Waals surface area contributed by atoms with Gasteiger partial charge in [-0.3, -0.25) is 14.9 Å². The maximum Gasteiger partial charge on any atom is 0.293 e. The van der Waals surface area contributed by atoms with E-state index in [-0.39, 0.29) is 27.0 Å². The molecule has 0 radical (unpaired) electrons. The summed E-state index contributed by atoms with van der Waals surface area (Å²) in [6.45, 7) is 1.55. The van der Waals surface area contributed by atoms with E-state index < -0.39 is 10.8 Å². The summed E-state index contributed by atoms with van der Waals surface area (Å²) in [4.78, 5) is 25.6. The van der Waals surface area contributed by atoms with Crippen LogP contribution in [0.2, 0.25) is 10.0 Å². The third kappa shape index (κ3) is 4.26. The van der Waals surface area contributed by atoms with Crippen molar-refractivity contribution in [2.24, 2.45) is 0 Å². The summed E-state index contributed by atoms with van der Waals surface area (Å²) in [5.41, 5.74) is 6.88. The average Bonchev–Trinajstić information content (AvgIpc) is 2.66. The zero-order chi connectivity index (χ0) is 19.6. The molecule has 1 amide bonds. The van der Waals surface area contributed by atoms with E-state index in [2.05, 4.69) is 5.32 Å². The zero-order valence-electron chi connectivity index (χ0n) is 14.4. The maximum absolute atomic E-state index is 12.5. The number of halogens is 2. The molecule has 7 nitrogen and oxygen atoms in total. The molecule has 0 spiro atoms. The number of rotatable bonds is 4. The monoisotopic (exact) mass is 408 g/mol. The van der Waals surface area contributed by atoms with E-state index in [0.717, 1.165) is 32.4 Å². The summed E-state index contributed by atoms with van der Waals surface area (Å²) < 4.78 is 0. The fourth-order valence-corrected chi connectivity index (χ4v) is 3.56. The summed E-state index contributed by atoms with van der Waals surface area (Å²) in [6.07, 6.45) is 3.12. The Balaban J connectivity index is 1.87. The summed E-state index contributed by atoms with van der Waals surface area (Å²) in [7, 11) is 0. The Morgan fingerprint density at radius 2 is 1.74 bits per heavy atom. The molecule has 0 atom stereocenters. The molecule has 3 N–H and O–H groups in total. The van der Waals surface area contributed by atoms with Gasteiger partial charge < -0.3 is 16.0 Å². The molecule has 1 heterocycles. The van der Waals surface area contributed by atoms with Crippen LogP contribution in [0.5, 0.6) is 0 Å². The Morgan fingerprint density at radius 1 is 1.11 bits per heavy atom. The number of amides is 1. The third-order valence-electron chi connectivity index (χ3n) is 4.47. The quantitative estimate of drug-likeness (QED) is 0.432. The number of nitrogens with two attached hydrogens (primary N) is 1. The molecule has 0 saturated carbocycles. The van der Waals surface area contributed by atoms with Crippen molar-refractivity contribution in [1.82, 2.24) is 0 Å². The number of nitro groups is 1. The van der Waals surface area contributed by atoms with E-state index in [4.69, 9.17) is 28.9 Å². The number of piperidine rings is 1. The predicted octanol–water partition coefficient (Wildman–Crippen LogP) is 4.73. The van der Waals surface area contributed by atoms with E-state index in [1.807, 2.05) is 4.90 Å². The molecule has 2 aromatic rings. The molecular formula is C18H18Cl2N4O3. The van der Waals surface area contributed by atoms with E-state index in [1.165, 1.54) is 18.2 Å². The number of hydrogen-bond acceptors (Lipinski definition) is 5. The second kappa shape index (κ2) is 8.02. The van der Waals surface area contributed by atoms with Gasteiger partial charge in [-0.1, -0.05) is 23.2 Å². The van der Waals surface area contributed by atoms with Gasteiger partial charge in [0.2, 0.25) is 0 Å². The molecule has 0 bridgehead atoms. The van der Waals surface area contributed by atoms with Crippen LogP contribution in [0.3, 0.4) is 0 Å². The number of benzene rings is 2. The lowest BCUT2D eigenvalue weighted by Crippen LogP contribution is -2.30. The van der Waals surface area contributed by atoms with Crippen molar-refractivity contribution < 1.29 is 9.72 Å². The van der Waals surface area contributed by atoms with Crippen molar-refractivity contribution in [2.45, 2.75) is 19.3 Å². The van der Waals surface area contributed by atoms with Crippen molar-refractivity contribution in [3.8, 4) is 0 Å². The number of carbonyl (C=O) groups excluding carboxylic acids is 1. The smallest absolute Gasteiger partial charge is 0.293 e. The van der Waals surface area contributed by atoms with Gasteiger partial charge >= 0.3 is 0 Å². The number of anilines is 3. The Labute approximate surface area is 166 Å². The summed E-state index contributed by atoms with van der Waals surface area (Å²) in [5.74, 6) is -0.500. The summed E-state index contributed by atoms with van der Waals surface area (Å²) >= 11 is 11.9. The molecule has 1 fully saturated rings. The van der Waals surface area contributed by atoms with E-state index >= 15 is 0 Å². The summed E-state index contributed by atoms with van der Waals surface area (Å²) in [5, 5.41) is 14.6. The second-order valence-electron chi connectivity index (χ2n) is 6.32. The van der Waals surface area contributed by atoms with Crippen LogP contribution in [0.25, 0.3) is 0 Å². The minimum absolute atomic E-state index is 0.0853. The SMILES string of the molecule is Nc1c(Cl)cc(NC(=O)c2ccc(N3CCCCC3)c([N+](=O)[O-])c2)cc1Cl. The Morgan fingerprint density at radius 3 is 2.33 bits per heavy atom. The van der Waals surface area contributed by atoms with Crippen LogP contribution in [-0.2, 0) is 0 Å². The number of nitrogens with zero attached hydrogens (tertiary/aromatic N) is 2. The van der Waals surface area contributed by atoms with Crippen molar-refractivity contribution in [2.75, 3.05) is 29.0 Å². The topological polar surface area (TPSA) is 102 Å². The standard InChI is InChI=1S/C18H18Cl2N4O3/c19-13-9-12(10-14(20)17(13)21)22-18(25)11-4-5-15(16(8-11)24(26)27)23-6-2-1-3-7-23/h4-5,8-10H,1-3,6-7,21H2,(H,22,25). The second-order valence-corrected chi connectivity index (χ2v) is 7.13. The van der Waals surface area contributed by atoms with Crippen LogP contribution in [0, 0.1) is 10.1 Å². The normalized spacial score (nSPS) is 14.1. The average molecular weight is 409 g/mol. The molecule has 2 aromatic carbocycles. The molecule has 142 valence electrons. The van der Waals surface area contributed by atoms with Crippen molar-refractivity contribution in [3.63, 3.8) is 0 Å². The van der Waals surface area contributed by atoms with Gasteiger partial charge in [0.05, 0.1) is 20.7 Å². The minimum Gasteiger partial charge on any atom is -0.396 e. The first-order valence-electron chi connectivity index (χ1n) is 8.46. The van der Waals surface area contributed by atoms with Crippen molar-refractivity contribution in [1.29, 1.82) is 0 Å². The maximum atomic E-state index is 12.5. The molecule has 0 aliphatic carbocycles.